The smallest absolute Gasteiger partial charge is 0.326 e. The van der Waals surface area contributed by atoms with Gasteiger partial charge in [-0.15, -0.1) is 0 Å². The van der Waals surface area contributed by atoms with Crippen molar-refractivity contribution >= 4 is 58.0 Å². The van der Waals surface area contributed by atoms with Crippen LogP contribution in [-0.4, -0.2) is 56.5 Å². The molecule has 1 heterocycles. The third-order valence-electron chi connectivity index (χ3n) is 3.52. The maximum atomic E-state index is 12.6. The lowest BCUT2D eigenvalue weighted by Gasteiger charge is -2.22. The summed E-state index contributed by atoms with van der Waals surface area (Å²) in [7, 11) is 1.43. The van der Waals surface area contributed by atoms with Crippen LogP contribution in [0.25, 0.3) is 6.08 Å². The maximum Gasteiger partial charge on any atom is 0.326 e. The van der Waals surface area contributed by atoms with Gasteiger partial charge in [-0.1, -0.05) is 30.0 Å². The summed E-state index contributed by atoms with van der Waals surface area (Å²) in [5.41, 5.74) is 0.645. The molecule has 0 aromatic heterocycles. The van der Waals surface area contributed by atoms with E-state index in [9.17, 15) is 19.8 Å². The molecule has 1 aliphatic rings. The third kappa shape index (κ3) is 4.47. The molecule has 1 aliphatic heterocycles. The number of benzene rings is 1. The average Bonchev–Trinajstić information content (AvgIpc) is 2.84. The summed E-state index contributed by atoms with van der Waals surface area (Å²) >= 11 is 7.80. The predicted octanol–water partition coefficient (Wildman–Crippen LogP) is 2.81. The van der Waals surface area contributed by atoms with E-state index in [-0.39, 0.29) is 15.8 Å². The number of thioether (sulfide) groups is 2. The van der Waals surface area contributed by atoms with Crippen LogP contribution in [0.4, 0.5) is 0 Å². The summed E-state index contributed by atoms with van der Waals surface area (Å²) in [5.74, 6) is -0.598. The van der Waals surface area contributed by atoms with E-state index in [0.717, 1.165) is 11.8 Å². The van der Waals surface area contributed by atoms with Crippen molar-refractivity contribution in [1.82, 2.24) is 4.90 Å². The number of methoxy groups -OCH3 is 1. The van der Waals surface area contributed by atoms with E-state index in [1.54, 1.807) is 18.2 Å². The SMILES string of the molecule is COc1cc(/C=C2\SC(=S)N([C@H](CCSC)C(=O)O)C2=O)ccc1O. The van der Waals surface area contributed by atoms with E-state index < -0.39 is 17.9 Å². The van der Waals surface area contributed by atoms with Gasteiger partial charge in [0.25, 0.3) is 5.91 Å². The third-order valence-corrected chi connectivity index (χ3v) is 5.49. The first-order valence-corrected chi connectivity index (χ1v) is 9.86. The van der Waals surface area contributed by atoms with Gasteiger partial charge in [0, 0.05) is 0 Å². The second-order valence-electron chi connectivity index (χ2n) is 5.12. The number of thiocarbonyl (C=S) groups is 1. The summed E-state index contributed by atoms with van der Waals surface area (Å²) in [6.07, 6.45) is 3.80. The Hall–Kier alpha value is -1.71. The van der Waals surface area contributed by atoms with Crippen molar-refractivity contribution in [2.75, 3.05) is 19.1 Å². The molecule has 0 saturated carbocycles. The second kappa shape index (κ2) is 8.59. The number of carboxylic acids is 1. The maximum absolute atomic E-state index is 12.6. The molecule has 0 spiro atoms. The summed E-state index contributed by atoms with van der Waals surface area (Å²) in [4.78, 5) is 25.7. The highest BCUT2D eigenvalue weighted by Gasteiger charge is 2.40. The number of amides is 1. The molecule has 1 saturated heterocycles. The number of carbonyl (C=O) groups is 2. The minimum Gasteiger partial charge on any atom is -0.504 e. The van der Waals surface area contributed by atoms with Crippen LogP contribution >= 0.6 is 35.7 Å². The van der Waals surface area contributed by atoms with Crippen LogP contribution in [0.2, 0.25) is 0 Å². The summed E-state index contributed by atoms with van der Waals surface area (Å²) in [6, 6.07) is 3.71. The highest BCUT2D eigenvalue weighted by atomic mass is 32.2. The second-order valence-corrected chi connectivity index (χ2v) is 7.78. The van der Waals surface area contributed by atoms with Crippen molar-refractivity contribution in [3.8, 4) is 11.5 Å². The van der Waals surface area contributed by atoms with E-state index in [1.165, 1.54) is 29.8 Å². The molecule has 1 amide bonds. The molecule has 0 radical (unpaired) electrons. The molecule has 2 N–H and O–H groups in total. The Morgan fingerprint density at radius 3 is 2.84 bits per heavy atom. The monoisotopic (exact) mass is 399 g/mol. The Bertz CT molecular complexity index is 734. The number of hydrogen-bond donors (Lipinski definition) is 2. The fraction of sp³-hybridized carbons (Fsp3) is 0.312. The van der Waals surface area contributed by atoms with Gasteiger partial charge >= 0.3 is 5.97 Å². The highest BCUT2D eigenvalue weighted by molar-refractivity contribution is 8.26. The zero-order valence-electron chi connectivity index (χ0n) is 13.6. The molecule has 1 aromatic carbocycles. The van der Waals surface area contributed by atoms with Crippen molar-refractivity contribution in [1.29, 1.82) is 0 Å². The van der Waals surface area contributed by atoms with Crippen molar-refractivity contribution in [2.45, 2.75) is 12.5 Å². The molecule has 0 unspecified atom stereocenters. The van der Waals surface area contributed by atoms with E-state index in [2.05, 4.69) is 0 Å². The lowest BCUT2D eigenvalue weighted by molar-refractivity contribution is -0.145. The average molecular weight is 400 g/mol. The Balaban J connectivity index is 2.29. The van der Waals surface area contributed by atoms with Crippen molar-refractivity contribution in [3.63, 3.8) is 0 Å². The van der Waals surface area contributed by atoms with Crippen molar-refractivity contribution in [2.24, 2.45) is 0 Å². The molecule has 0 aliphatic carbocycles. The van der Waals surface area contributed by atoms with Crippen LogP contribution in [0.15, 0.2) is 23.1 Å². The summed E-state index contributed by atoms with van der Waals surface area (Å²) in [6.45, 7) is 0. The Morgan fingerprint density at radius 2 is 2.24 bits per heavy atom. The largest absolute Gasteiger partial charge is 0.504 e. The van der Waals surface area contributed by atoms with Gasteiger partial charge in [-0.25, -0.2) is 4.79 Å². The van der Waals surface area contributed by atoms with Gasteiger partial charge in [-0.05, 0) is 42.2 Å². The molecule has 25 heavy (non-hydrogen) atoms. The molecule has 134 valence electrons. The number of phenols is 1. The zero-order chi connectivity index (χ0) is 18.6. The first-order valence-electron chi connectivity index (χ1n) is 7.24. The standard InChI is InChI=1S/C16H17NO5S3/c1-22-12-7-9(3-4-11(12)18)8-13-14(19)17(16(23)25-13)10(15(20)21)5-6-24-2/h3-4,7-8,10,18H,5-6H2,1-2H3,(H,20,21)/b13-8-/t10-/m1/s1. The van der Waals surface area contributed by atoms with Crippen LogP contribution in [0.3, 0.4) is 0 Å². The summed E-state index contributed by atoms with van der Waals surface area (Å²) in [5, 5.41) is 19.1. The fourth-order valence-electron chi connectivity index (χ4n) is 2.28. The number of nitrogens with zero attached hydrogens (tertiary/aromatic N) is 1. The fourth-order valence-corrected chi connectivity index (χ4v) is 4.09. The number of phenolic OH excluding ortho intramolecular Hbond substituents is 1. The van der Waals surface area contributed by atoms with Gasteiger partial charge in [0.1, 0.15) is 10.4 Å². The van der Waals surface area contributed by atoms with Crippen LogP contribution in [-0.2, 0) is 9.59 Å². The van der Waals surface area contributed by atoms with Gasteiger partial charge in [0.2, 0.25) is 0 Å². The van der Waals surface area contributed by atoms with E-state index in [4.69, 9.17) is 17.0 Å². The first kappa shape index (κ1) is 19.6. The van der Waals surface area contributed by atoms with Crippen LogP contribution in [0.1, 0.15) is 12.0 Å². The van der Waals surface area contributed by atoms with Gasteiger partial charge in [-0.2, -0.15) is 11.8 Å². The van der Waals surface area contributed by atoms with Gasteiger partial charge < -0.3 is 14.9 Å². The molecule has 1 aromatic rings. The van der Waals surface area contributed by atoms with E-state index >= 15 is 0 Å². The number of carboxylic acid groups (broad SMARTS) is 1. The molecular formula is C16H17NO5S3. The number of hydrogen-bond acceptors (Lipinski definition) is 7. The van der Waals surface area contributed by atoms with Crippen LogP contribution in [0.5, 0.6) is 11.5 Å². The Kier molecular flexibility index (Phi) is 6.74. The minimum absolute atomic E-state index is 0.00444. The van der Waals surface area contributed by atoms with Crippen LogP contribution < -0.4 is 4.74 Å². The zero-order valence-corrected chi connectivity index (χ0v) is 16.0. The molecule has 9 heteroatoms. The predicted molar refractivity (Wildman–Crippen MR) is 104 cm³/mol. The number of rotatable bonds is 7. The lowest BCUT2D eigenvalue weighted by atomic mass is 10.1. The number of aromatic hydroxyl groups is 1. The lowest BCUT2D eigenvalue weighted by Crippen LogP contribution is -2.44. The van der Waals surface area contributed by atoms with E-state index in [0.29, 0.717) is 22.6 Å². The minimum atomic E-state index is -1.07. The molecule has 1 fully saturated rings. The molecule has 6 nitrogen and oxygen atoms in total. The molecule has 0 bridgehead atoms. The normalized spacial score (nSPS) is 17.2. The summed E-state index contributed by atoms with van der Waals surface area (Å²) < 4.78 is 5.28. The number of carbonyl (C=O) groups excluding carboxylic acids is 1. The topological polar surface area (TPSA) is 87.1 Å². The highest BCUT2D eigenvalue weighted by Crippen LogP contribution is 2.36. The van der Waals surface area contributed by atoms with Crippen molar-refractivity contribution < 1.29 is 24.5 Å². The van der Waals surface area contributed by atoms with E-state index in [1.807, 2.05) is 6.26 Å². The molecular weight excluding hydrogens is 382 g/mol. The quantitative estimate of drug-likeness (QED) is 0.535. The van der Waals surface area contributed by atoms with Gasteiger partial charge in [0.05, 0.1) is 12.0 Å². The first-order chi connectivity index (χ1) is 11.9. The molecule has 1 atom stereocenters. The Morgan fingerprint density at radius 1 is 1.52 bits per heavy atom. The van der Waals surface area contributed by atoms with Crippen LogP contribution in [0, 0.1) is 0 Å². The Labute approximate surface area is 159 Å². The number of aliphatic carboxylic acids is 1. The van der Waals surface area contributed by atoms with Crippen molar-refractivity contribution in [3.05, 3.63) is 28.7 Å². The number of ether oxygens (including phenoxy) is 1. The van der Waals surface area contributed by atoms with Gasteiger partial charge in [-0.3, -0.25) is 9.69 Å². The van der Waals surface area contributed by atoms with Gasteiger partial charge in [0.15, 0.2) is 11.5 Å². The molecule has 2 rings (SSSR count).